The van der Waals surface area contributed by atoms with Crippen LogP contribution in [0.3, 0.4) is 0 Å². The zero-order chi connectivity index (χ0) is 65.4. The van der Waals surface area contributed by atoms with Crippen LogP contribution in [-0.4, -0.2) is 193 Å². The SMILES string of the molecule is CCCCC/C=C\C/C=C\C/C=C\CCCCCCCCC(=O)NC(COC1OC(CO)C(OC2OC(CO)C(OC3OC(CO)C(O)C(O)C3O)C(O)C2O)C(O)C1O)C(O)CCCCCCCCCCCCCCCCCCCCCCCCCCCC. The molecule has 0 spiro atoms. The number of carbonyl (C=O) groups excluding carboxylic acids is 1. The summed E-state index contributed by atoms with van der Waals surface area (Å²) < 4.78 is 34.4. The first-order chi connectivity index (χ1) is 43.8. The first-order valence-electron chi connectivity index (χ1n) is 36.2. The predicted molar refractivity (Wildman–Crippen MR) is 351 cm³/mol. The van der Waals surface area contributed by atoms with Crippen molar-refractivity contribution in [2.24, 2.45) is 0 Å². The van der Waals surface area contributed by atoms with Gasteiger partial charge in [-0.3, -0.25) is 4.79 Å². The van der Waals surface area contributed by atoms with E-state index >= 15 is 0 Å². The number of aliphatic hydroxyl groups excluding tert-OH is 11. The topological polar surface area (TPSA) is 307 Å². The van der Waals surface area contributed by atoms with Gasteiger partial charge < -0.3 is 89.9 Å². The number of allylic oxidation sites excluding steroid dienone is 6. The Morgan fingerprint density at radius 1 is 0.400 bits per heavy atom. The molecule has 3 saturated heterocycles. The third-order valence-corrected chi connectivity index (χ3v) is 18.2. The van der Waals surface area contributed by atoms with E-state index in [2.05, 4.69) is 55.6 Å². The van der Waals surface area contributed by atoms with Gasteiger partial charge >= 0.3 is 0 Å². The molecule has 0 saturated carbocycles. The van der Waals surface area contributed by atoms with E-state index in [0.717, 1.165) is 83.5 Å². The maximum absolute atomic E-state index is 13.4. The summed E-state index contributed by atoms with van der Waals surface area (Å²) in [6.45, 7) is 1.79. The molecule has 12 N–H and O–H groups in total. The second-order valence-electron chi connectivity index (χ2n) is 26.1. The summed E-state index contributed by atoms with van der Waals surface area (Å²) >= 11 is 0. The van der Waals surface area contributed by atoms with E-state index in [0.29, 0.717) is 12.8 Å². The van der Waals surface area contributed by atoms with E-state index in [1.165, 1.54) is 161 Å². The zero-order valence-corrected chi connectivity index (χ0v) is 55.9. The number of amides is 1. The highest BCUT2D eigenvalue weighted by molar-refractivity contribution is 5.76. The lowest BCUT2D eigenvalue weighted by Gasteiger charge is -2.48. The van der Waals surface area contributed by atoms with Crippen LogP contribution in [0, 0.1) is 0 Å². The summed E-state index contributed by atoms with van der Waals surface area (Å²) in [5, 5.41) is 121. The monoisotopic (exact) mass is 1290 g/mol. The first-order valence-corrected chi connectivity index (χ1v) is 36.2. The molecule has 90 heavy (non-hydrogen) atoms. The van der Waals surface area contributed by atoms with E-state index in [1.807, 2.05) is 0 Å². The van der Waals surface area contributed by atoms with Crippen LogP contribution in [-0.2, 0) is 33.2 Å². The van der Waals surface area contributed by atoms with Crippen LogP contribution < -0.4 is 5.32 Å². The van der Waals surface area contributed by atoms with Crippen LogP contribution in [0.4, 0.5) is 0 Å². The molecule has 3 rings (SSSR count). The fraction of sp³-hybridized carbons (Fsp3) is 0.901. The minimum Gasteiger partial charge on any atom is -0.394 e. The van der Waals surface area contributed by atoms with Gasteiger partial charge in [-0.25, -0.2) is 0 Å². The maximum Gasteiger partial charge on any atom is 0.220 e. The van der Waals surface area contributed by atoms with Gasteiger partial charge in [0.2, 0.25) is 5.91 Å². The van der Waals surface area contributed by atoms with Crippen LogP contribution in [0.2, 0.25) is 0 Å². The van der Waals surface area contributed by atoms with E-state index in [1.54, 1.807) is 0 Å². The lowest BCUT2D eigenvalue weighted by molar-refractivity contribution is -0.379. The molecule has 0 aromatic rings. The van der Waals surface area contributed by atoms with Crippen molar-refractivity contribution in [2.75, 3.05) is 26.4 Å². The number of hydrogen-bond donors (Lipinski definition) is 12. The number of ether oxygens (including phenoxy) is 6. The molecule has 19 heteroatoms. The molecule has 0 aromatic heterocycles. The first kappa shape index (κ1) is 82.2. The number of carbonyl (C=O) groups is 1. The van der Waals surface area contributed by atoms with Crippen LogP contribution >= 0.6 is 0 Å². The number of aliphatic hydroxyl groups is 11. The fourth-order valence-electron chi connectivity index (χ4n) is 12.3. The van der Waals surface area contributed by atoms with Gasteiger partial charge in [0.25, 0.3) is 0 Å². The molecule has 1 amide bonds. The highest BCUT2D eigenvalue weighted by Crippen LogP contribution is 2.33. The smallest absolute Gasteiger partial charge is 0.220 e. The summed E-state index contributed by atoms with van der Waals surface area (Å²) in [5.41, 5.74) is 0. The van der Waals surface area contributed by atoms with Gasteiger partial charge in [-0.1, -0.05) is 256 Å². The van der Waals surface area contributed by atoms with Gasteiger partial charge in [0.1, 0.15) is 73.2 Å². The van der Waals surface area contributed by atoms with Crippen LogP contribution in [0.5, 0.6) is 0 Å². The summed E-state index contributed by atoms with van der Waals surface area (Å²) in [6, 6.07) is -0.896. The minimum absolute atomic E-state index is 0.252. The highest BCUT2D eigenvalue weighted by atomic mass is 16.8. The molecule has 3 aliphatic heterocycles. The van der Waals surface area contributed by atoms with Gasteiger partial charge in [-0.05, 0) is 51.4 Å². The van der Waals surface area contributed by atoms with Gasteiger partial charge in [-0.15, -0.1) is 0 Å². The standard InChI is InChI=1S/C71H131NO18/c1-3-5-7-9-11-13-15-17-19-21-23-24-25-26-27-28-29-31-32-34-36-38-40-42-44-46-48-55(76)54(72-59(77)49-47-45-43-41-39-37-35-33-30-22-20-18-16-14-12-10-8-6-4-2)53-85-69-65(83)62(80)67(57(51-74)87-69)90-71-66(84)63(81)68(58(52-75)88-71)89-70-64(82)61(79)60(78)56(50-73)86-70/h12,14,18,20,30,33,54-58,60-71,73-76,78-84H,3-11,13,15-17,19,21-29,31-32,34-53H2,1-2H3,(H,72,77)/b14-12-,20-18-,33-30-. The Morgan fingerprint density at radius 3 is 1.17 bits per heavy atom. The quantitative estimate of drug-likeness (QED) is 0.0199. The lowest BCUT2D eigenvalue weighted by Crippen LogP contribution is -2.66. The molecular formula is C71H131NO18. The summed E-state index contributed by atoms with van der Waals surface area (Å²) in [7, 11) is 0. The highest BCUT2D eigenvalue weighted by Gasteiger charge is 2.53. The maximum atomic E-state index is 13.4. The summed E-state index contributed by atoms with van der Waals surface area (Å²) in [5.74, 6) is -0.253. The minimum atomic E-state index is -1.97. The largest absolute Gasteiger partial charge is 0.394 e. The van der Waals surface area contributed by atoms with E-state index < -0.39 is 124 Å². The molecule has 3 heterocycles. The molecule has 0 aromatic carbocycles. The van der Waals surface area contributed by atoms with Crippen molar-refractivity contribution in [3.05, 3.63) is 36.5 Å². The second kappa shape index (κ2) is 53.2. The van der Waals surface area contributed by atoms with Crippen molar-refractivity contribution in [2.45, 2.75) is 381 Å². The zero-order valence-electron chi connectivity index (χ0n) is 55.9. The normalized spacial score (nSPS) is 28.2. The third kappa shape index (κ3) is 34.6. The van der Waals surface area contributed by atoms with E-state index in [9.17, 15) is 61.0 Å². The number of rotatable bonds is 56. The molecule has 0 bridgehead atoms. The summed E-state index contributed by atoms with van der Waals surface area (Å²) in [6.07, 6.45) is 35.0. The Hall–Kier alpha value is -1.99. The fourth-order valence-corrected chi connectivity index (χ4v) is 12.3. The average Bonchev–Trinajstić information content (AvgIpc) is 0.846. The van der Waals surface area contributed by atoms with Crippen molar-refractivity contribution >= 4 is 5.91 Å². The predicted octanol–water partition coefficient (Wildman–Crippen LogP) is 10.00. The molecule has 19 nitrogen and oxygen atoms in total. The molecule has 0 radical (unpaired) electrons. The average molecular weight is 1290 g/mol. The van der Waals surface area contributed by atoms with Crippen molar-refractivity contribution in [3.63, 3.8) is 0 Å². The van der Waals surface area contributed by atoms with Crippen LogP contribution in [0.25, 0.3) is 0 Å². The molecule has 0 aliphatic carbocycles. The Bertz CT molecular complexity index is 1780. The van der Waals surface area contributed by atoms with Crippen LogP contribution in [0.1, 0.15) is 277 Å². The van der Waals surface area contributed by atoms with Crippen molar-refractivity contribution in [1.82, 2.24) is 5.32 Å². The molecule has 17 unspecified atom stereocenters. The van der Waals surface area contributed by atoms with E-state index in [-0.39, 0.29) is 18.9 Å². The molecule has 3 fully saturated rings. The third-order valence-electron chi connectivity index (χ3n) is 18.2. The Kier molecular flexibility index (Phi) is 48.6. The lowest BCUT2D eigenvalue weighted by atomic mass is 9.96. The van der Waals surface area contributed by atoms with Crippen molar-refractivity contribution < 1.29 is 89.4 Å². The Morgan fingerprint density at radius 2 is 0.733 bits per heavy atom. The Balaban J connectivity index is 1.42. The number of nitrogens with one attached hydrogen (secondary N) is 1. The summed E-state index contributed by atoms with van der Waals surface area (Å²) in [4.78, 5) is 13.4. The van der Waals surface area contributed by atoms with Gasteiger partial charge in [0.05, 0.1) is 38.6 Å². The molecular weight excluding hydrogens is 1150 g/mol. The van der Waals surface area contributed by atoms with Gasteiger partial charge in [0, 0.05) is 6.42 Å². The van der Waals surface area contributed by atoms with Crippen molar-refractivity contribution in [3.8, 4) is 0 Å². The van der Waals surface area contributed by atoms with Crippen molar-refractivity contribution in [1.29, 1.82) is 0 Å². The number of unbranched alkanes of at least 4 members (excludes halogenated alkanes) is 34. The molecule has 528 valence electrons. The van der Waals surface area contributed by atoms with Crippen LogP contribution in [0.15, 0.2) is 36.5 Å². The van der Waals surface area contributed by atoms with Gasteiger partial charge in [0.15, 0.2) is 18.9 Å². The number of hydrogen-bond acceptors (Lipinski definition) is 18. The molecule has 17 atom stereocenters. The second-order valence-corrected chi connectivity index (χ2v) is 26.1. The molecule has 3 aliphatic rings. The Labute approximate surface area is 542 Å². The van der Waals surface area contributed by atoms with Gasteiger partial charge in [-0.2, -0.15) is 0 Å². The van der Waals surface area contributed by atoms with E-state index in [4.69, 9.17) is 28.4 Å².